The Kier molecular flexibility index (Phi) is 4.91. The molecule has 0 saturated heterocycles. The minimum Gasteiger partial charge on any atom is -0.349 e. The van der Waals surface area contributed by atoms with Gasteiger partial charge in [-0.2, -0.15) is 9.40 Å². The minimum absolute atomic E-state index is 0.194. The van der Waals surface area contributed by atoms with Gasteiger partial charge in [-0.25, -0.2) is 13.1 Å². The number of amides is 1. The molecule has 0 bridgehead atoms. The first-order chi connectivity index (χ1) is 11.9. The van der Waals surface area contributed by atoms with Gasteiger partial charge in [0.2, 0.25) is 15.9 Å². The maximum Gasteiger partial charge on any atom is 0.235 e. The van der Waals surface area contributed by atoms with Gasteiger partial charge in [0.15, 0.2) is 0 Å². The van der Waals surface area contributed by atoms with Gasteiger partial charge in [0.25, 0.3) is 0 Å². The lowest BCUT2D eigenvalue weighted by molar-refractivity contribution is -0.121. The second-order valence-electron chi connectivity index (χ2n) is 6.27. The minimum atomic E-state index is -3.37. The van der Waals surface area contributed by atoms with E-state index in [4.69, 9.17) is 0 Å². The molecule has 2 aromatic rings. The van der Waals surface area contributed by atoms with Crippen LogP contribution in [0.2, 0.25) is 0 Å². The molecule has 1 amide bonds. The predicted molar refractivity (Wildman–Crippen MR) is 94.9 cm³/mol. The summed E-state index contributed by atoms with van der Waals surface area (Å²) in [4.78, 5) is 12.0. The lowest BCUT2D eigenvalue weighted by Crippen LogP contribution is -2.37. The predicted octanol–water partition coefficient (Wildman–Crippen LogP) is 0.869. The van der Waals surface area contributed by atoms with Gasteiger partial charge in [0.1, 0.15) is 0 Å². The maximum atomic E-state index is 12.0. The molecule has 7 nitrogen and oxygen atoms in total. The van der Waals surface area contributed by atoms with Crippen molar-refractivity contribution in [1.29, 1.82) is 0 Å². The van der Waals surface area contributed by atoms with Crippen molar-refractivity contribution in [3.05, 3.63) is 47.3 Å². The second kappa shape index (κ2) is 6.97. The molecular weight excluding hydrogens is 340 g/mol. The third kappa shape index (κ3) is 3.91. The molecule has 8 heteroatoms. The third-order valence-corrected chi connectivity index (χ3v) is 5.66. The number of likely N-dealkylation sites (N-methyl/N-ethyl adjacent to an activating group) is 1. The van der Waals surface area contributed by atoms with E-state index in [2.05, 4.69) is 10.4 Å². The number of hydrogen-bond donors (Lipinski definition) is 1. The Morgan fingerprint density at radius 3 is 2.68 bits per heavy atom. The summed E-state index contributed by atoms with van der Waals surface area (Å²) in [6, 6.07) is 9.93. The molecule has 134 valence electrons. The fraction of sp³-hybridized carbons (Fsp3) is 0.412. The van der Waals surface area contributed by atoms with Crippen LogP contribution in [0.4, 0.5) is 0 Å². The molecule has 1 heterocycles. The zero-order valence-corrected chi connectivity index (χ0v) is 15.2. The molecule has 0 radical (unpaired) electrons. The molecule has 1 N–H and O–H groups in total. The van der Waals surface area contributed by atoms with E-state index in [-0.39, 0.29) is 12.5 Å². The lowest BCUT2D eigenvalue weighted by Gasteiger charge is -2.13. The molecule has 0 unspecified atom stereocenters. The fourth-order valence-corrected chi connectivity index (χ4v) is 3.35. The van der Waals surface area contributed by atoms with Crippen molar-refractivity contribution < 1.29 is 13.2 Å². The van der Waals surface area contributed by atoms with Crippen LogP contribution in [0, 0.1) is 0 Å². The molecule has 3 rings (SSSR count). The number of sulfonamides is 1. The van der Waals surface area contributed by atoms with Crippen molar-refractivity contribution in [2.45, 2.75) is 25.8 Å². The monoisotopic (exact) mass is 362 g/mol. The van der Waals surface area contributed by atoms with E-state index in [1.165, 1.54) is 18.3 Å². The van der Waals surface area contributed by atoms with Gasteiger partial charge >= 0.3 is 0 Å². The van der Waals surface area contributed by atoms with E-state index in [1.54, 1.807) is 0 Å². The smallest absolute Gasteiger partial charge is 0.235 e. The summed E-state index contributed by atoms with van der Waals surface area (Å²) >= 11 is 0. The highest BCUT2D eigenvalue weighted by molar-refractivity contribution is 7.88. The third-order valence-electron chi connectivity index (χ3n) is 4.40. The van der Waals surface area contributed by atoms with E-state index in [9.17, 15) is 13.2 Å². The molecule has 0 aliphatic heterocycles. The van der Waals surface area contributed by atoms with Gasteiger partial charge in [-0.1, -0.05) is 18.2 Å². The van der Waals surface area contributed by atoms with Crippen molar-refractivity contribution in [1.82, 2.24) is 19.4 Å². The summed E-state index contributed by atoms with van der Waals surface area (Å²) in [6.45, 7) is 0.110. The Morgan fingerprint density at radius 1 is 1.28 bits per heavy atom. The highest BCUT2D eigenvalue weighted by atomic mass is 32.2. The Balaban J connectivity index is 1.73. The summed E-state index contributed by atoms with van der Waals surface area (Å²) in [5.74, 6) is -0.339. The first-order valence-corrected chi connectivity index (χ1v) is 10.0. The standard InChI is InChI=1S/C17H22N4O3S/c1-20(25(2,23)24)12-17(22)18-11-15-14-9-6-10-16(14)21(19-15)13-7-4-3-5-8-13/h3-5,7-8H,6,9-12H2,1-2H3,(H,18,22). The van der Waals surface area contributed by atoms with Crippen LogP contribution in [0.15, 0.2) is 30.3 Å². The summed E-state index contributed by atoms with van der Waals surface area (Å²) in [5, 5.41) is 7.45. The quantitative estimate of drug-likeness (QED) is 0.826. The summed E-state index contributed by atoms with van der Waals surface area (Å²) in [7, 11) is -1.98. The summed E-state index contributed by atoms with van der Waals surface area (Å²) < 4.78 is 25.7. The number of rotatable bonds is 6. The van der Waals surface area contributed by atoms with E-state index >= 15 is 0 Å². The Bertz CT molecular complexity index is 875. The molecule has 1 aliphatic carbocycles. The molecule has 0 spiro atoms. The van der Waals surface area contributed by atoms with Gasteiger partial charge in [0.05, 0.1) is 30.7 Å². The van der Waals surface area contributed by atoms with Crippen molar-refractivity contribution in [2.75, 3.05) is 19.8 Å². The average molecular weight is 362 g/mol. The van der Waals surface area contributed by atoms with Crippen molar-refractivity contribution >= 4 is 15.9 Å². The Morgan fingerprint density at radius 2 is 2.00 bits per heavy atom. The van der Waals surface area contributed by atoms with E-state index in [0.717, 1.165) is 41.2 Å². The lowest BCUT2D eigenvalue weighted by atomic mass is 10.2. The topological polar surface area (TPSA) is 84.3 Å². The first kappa shape index (κ1) is 17.6. The number of nitrogens with zero attached hydrogens (tertiary/aromatic N) is 3. The van der Waals surface area contributed by atoms with Crippen LogP contribution in [-0.2, 0) is 34.2 Å². The van der Waals surface area contributed by atoms with Crippen LogP contribution >= 0.6 is 0 Å². The molecule has 0 saturated carbocycles. The molecule has 1 aromatic carbocycles. The molecular formula is C17H22N4O3S. The van der Waals surface area contributed by atoms with Crippen molar-refractivity contribution in [2.24, 2.45) is 0 Å². The summed E-state index contributed by atoms with van der Waals surface area (Å²) in [5.41, 5.74) is 4.26. The van der Waals surface area contributed by atoms with E-state index < -0.39 is 10.0 Å². The van der Waals surface area contributed by atoms with Crippen LogP contribution in [0.5, 0.6) is 0 Å². The van der Waals surface area contributed by atoms with Crippen LogP contribution in [0.3, 0.4) is 0 Å². The normalized spacial score (nSPS) is 13.9. The van der Waals surface area contributed by atoms with Gasteiger partial charge in [-0.3, -0.25) is 4.79 Å². The van der Waals surface area contributed by atoms with Crippen LogP contribution in [-0.4, -0.2) is 48.3 Å². The zero-order valence-electron chi connectivity index (χ0n) is 14.4. The average Bonchev–Trinajstić information content (AvgIpc) is 3.15. The second-order valence-corrected chi connectivity index (χ2v) is 8.36. The largest absolute Gasteiger partial charge is 0.349 e. The number of benzene rings is 1. The summed E-state index contributed by atoms with van der Waals surface area (Å²) in [6.07, 6.45) is 4.09. The fourth-order valence-electron chi connectivity index (χ4n) is 3.00. The number of carbonyl (C=O) groups excluding carboxylic acids is 1. The SMILES string of the molecule is CN(CC(=O)NCc1nn(-c2ccccc2)c2c1CCC2)S(C)(=O)=O. The maximum absolute atomic E-state index is 12.0. The number of aromatic nitrogens is 2. The Labute approximate surface area is 147 Å². The van der Waals surface area contributed by atoms with Gasteiger partial charge in [0, 0.05) is 12.7 Å². The van der Waals surface area contributed by atoms with Gasteiger partial charge < -0.3 is 5.32 Å². The number of carbonyl (C=O) groups is 1. The number of hydrogen-bond acceptors (Lipinski definition) is 4. The van der Waals surface area contributed by atoms with Crippen molar-refractivity contribution in [3.63, 3.8) is 0 Å². The molecule has 0 atom stereocenters. The zero-order chi connectivity index (χ0) is 18.0. The Hall–Kier alpha value is -2.19. The number of para-hydroxylation sites is 1. The highest BCUT2D eigenvalue weighted by Gasteiger charge is 2.23. The molecule has 0 fully saturated rings. The van der Waals surface area contributed by atoms with Crippen molar-refractivity contribution in [3.8, 4) is 5.69 Å². The van der Waals surface area contributed by atoms with Crippen LogP contribution < -0.4 is 5.32 Å². The first-order valence-electron chi connectivity index (χ1n) is 8.19. The molecule has 1 aromatic heterocycles. The van der Waals surface area contributed by atoms with Gasteiger partial charge in [-0.15, -0.1) is 0 Å². The van der Waals surface area contributed by atoms with E-state index in [0.29, 0.717) is 6.54 Å². The van der Waals surface area contributed by atoms with Crippen LogP contribution in [0.1, 0.15) is 23.4 Å². The van der Waals surface area contributed by atoms with Crippen LogP contribution in [0.25, 0.3) is 5.69 Å². The number of fused-ring (bicyclic) bond motifs is 1. The molecule has 1 aliphatic rings. The van der Waals surface area contributed by atoms with Gasteiger partial charge in [-0.05, 0) is 37.0 Å². The molecule has 25 heavy (non-hydrogen) atoms. The van der Waals surface area contributed by atoms with E-state index in [1.807, 2.05) is 35.0 Å². The number of nitrogens with one attached hydrogen (secondary N) is 1. The highest BCUT2D eigenvalue weighted by Crippen LogP contribution is 2.27.